The van der Waals surface area contributed by atoms with Crippen LogP contribution in [-0.4, -0.2) is 17.4 Å². The molecular weight excluding hydrogens is 393 g/mol. The minimum absolute atomic E-state index is 0. The fourth-order valence-corrected chi connectivity index (χ4v) is 3.98. The van der Waals surface area contributed by atoms with Gasteiger partial charge < -0.3 is 11.1 Å². The molecule has 3 rings (SSSR count). The molecule has 0 spiro atoms. The maximum absolute atomic E-state index is 12.6. The number of hydrogen-bond acceptors (Lipinski definition) is 3. The molecule has 1 aliphatic rings. The molecule has 6 heteroatoms. The summed E-state index contributed by atoms with van der Waals surface area (Å²) < 4.78 is 0. The SMILES string of the molecule is CC(NC(=O)CC1(CN)CCCCC1)c1ccc(-c2ccncc2)cc1.Cl.Cl. The lowest BCUT2D eigenvalue weighted by molar-refractivity contribution is -0.124. The molecule has 0 radical (unpaired) electrons. The Morgan fingerprint density at radius 1 is 1.04 bits per heavy atom. The predicted molar refractivity (Wildman–Crippen MR) is 120 cm³/mol. The average molecular weight is 424 g/mol. The lowest BCUT2D eigenvalue weighted by Crippen LogP contribution is -2.39. The van der Waals surface area contributed by atoms with E-state index in [9.17, 15) is 4.79 Å². The minimum atomic E-state index is -0.00703. The molecule has 28 heavy (non-hydrogen) atoms. The molecule has 4 nitrogen and oxygen atoms in total. The monoisotopic (exact) mass is 423 g/mol. The van der Waals surface area contributed by atoms with E-state index in [1.165, 1.54) is 19.3 Å². The Morgan fingerprint density at radius 3 is 2.18 bits per heavy atom. The first-order valence-corrected chi connectivity index (χ1v) is 9.62. The fourth-order valence-electron chi connectivity index (χ4n) is 3.98. The van der Waals surface area contributed by atoms with Gasteiger partial charge in [0.1, 0.15) is 0 Å². The molecule has 0 bridgehead atoms. The molecule has 0 saturated heterocycles. The molecule has 1 atom stereocenters. The molecule has 1 saturated carbocycles. The van der Waals surface area contributed by atoms with Crippen molar-refractivity contribution in [2.45, 2.75) is 51.5 Å². The van der Waals surface area contributed by atoms with Gasteiger partial charge in [-0.15, -0.1) is 24.8 Å². The van der Waals surface area contributed by atoms with Gasteiger partial charge >= 0.3 is 0 Å². The van der Waals surface area contributed by atoms with E-state index >= 15 is 0 Å². The topological polar surface area (TPSA) is 68.0 Å². The van der Waals surface area contributed by atoms with Crippen molar-refractivity contribution in [3.05, 3.63) is 54.4 Å². The average Bonchev–Trinajstić information content (AvgIpc) is 2.69. The van der Waals surface area contributed by atoms with Crippen molar-refractivity contribution in [1.82, 2.24) is 10.3 Å². The van der Waals surface area contributed by atoms with E-state index in [4.69, 9.17) is 5.73 Å². The number of nitrogens with zero attached hydrogens (tertiary/aromatic N) is 1. The van der Waals surface area contributed by atoms with E-state index in [0.717, 1.165) is 29.5 Å². The van der Waals surface area contributed by atoms with Crippen LogP contribution in [0.15, 0.2) is 48.8 Å². The van der Waals surface area contributed by atoms with Crippen LogP contribution in [0, 0.1) is 5.41 Å². The number of hydrogen-bond donors (Lipinski definition) is 2. The van der Waals surface area contributed by atoms with Crippen LogP contribution in [0.3, 0.4) is 0 Å². The lowest BCUT2D eigenvalue weighted by atomic mass is 9.71. The Morgan fingerprint density at radius 2 is 1.61 bits per heavy atom. The maximum Gasteiger partial charge on any atom is 0.221 e. The van der Waals surface area contributed by atoms with Crippen molar-refractivity contribution in [2.24, 2.45) is 11.1 Å². The molecule has 1 amide bonds. The first-order chi connectivity index (χ1) is 12.6. The van der Waals surface area contributed by atoms with Gasteiger partial charge in [-0.2, -0.15) is 0 Å². The van der Waals surface area contributed by atoms with Gasteiger partial charge in [0, 0.05) is 18.8 Å². The normalized spacial score (nSPS) is 16.2. The van der Waals surface area contributed by atoms with Crippen LogP contribution in [0.2, 0.25) is 0 Å². The van der Waals surface area contributed by atoms with Crippen molar-refractivity contribution in [1.29, 1.82) is 0 Å². The summed E-state index contributed by atoms with van der Waals surface area (Å²) in [6.07, 6.45) is 9.94. The molecule has 1 aromatic heterocycles. The Kier molecular flexibility index (Phi) is 9.94. The second kappa shape index (κ2) is 11.4. The van der Waals surface area contributed by atoms with Crippen molar-refractivity contribution in [2.75, 3.05) is 6.54 Å². The quantitative estimate of drug-likeness (QED) is 0.681. The minimum Gasteiger partial charge on any atom is -0.350 e. The predicted octanol–water partition coefficient (Wildman–Crippen LogP) is 5.07. The number of halogens is 2. The highest BCUT2D eigenvalue weighted by Crippen LogP contribution is 2.38. The second-order valence-electron chi connectivity index (χ2n) is 7.59. The Hall–Kier alpha value is -1.62. The van der Waals surface area contributed by atoms with Crippen molar-refractivity contribution in [3.8, 4) is 11.1 Å². The van der Waals surface area contributed by atoms with Gasteiger partial charge in [-0.3, -0.25) is 9.78 Å². The summed E-state index contributed by atoms with van der Waals surface area (Å²) in [5.74, 6) is 0.114. The third-order valence-corrected chi connectivity index (χ3v) is 5.68. The third kappa shape index (κ3) is 6.20. The van der Waals surface area contributed by atoms with Gasteiger partial charge in [-0.05, 0) is 60.5 Å². The standard InChI is InChI=1S/C22H29N3O.2ClH/c1-17(25-21(26)15-22(16-23)11-3-2-4-12-22)18-5-7-19(8-6-18)20-9-13-24-14-10-20;;/h5-10,13-14,17H,2-4,11-12,15-16,23H2,1H3,(H,25,26);2*1H. The van der Waals surface area contributed by atoms with Crippen LogP contribution in [0.1, 0.15) is 57.1 Å². The highest BCUT2D eigenvalue weighted by Gasteiger charge is 2.33. The van der Waals surface area contributed by atoms with Gasteiger partial charge in [-0.25, -0.2) is 0 Å². The van der Waals surface area contributed by atoms with Gasteiger partial charge in [0.25, 0.3) is 0 Å². The van der Waals surface area contributed by atoms with Crippen LogP contribution in [-0.2, 0) is 4.79 Å². The van der Waals surface area contributed by atoms with Crippen LogP contribution in [0.5, 0.6) is 0 Å². The summed E-state index contributed by atoms with van der Waals surface area (Å²) in [7, 11) is 0. The number of pyridine rings is 1. The molecule has 0 aliphatic heterocycles. The van der Waals surface area contributed by atoms with Crippen LogP contribution in [0.25, 0.3) is 11.1 Å². The van der Waals surface area contributed by atoms with Crippen molar-refractivity contribution >= 4 is 30.7 Å². The summed E-state index contributed by atoms with van der Waals surface area (Å²) in [6, 6.07) is 12.3. The molecule has 2 aromatic rings. The number of carbonyl (C=O) groups is 1. The Bertz CT molecular complexity index is 716. The highest BCUT2D eigenvalue weighted by atomic mass is 35.5. The molecule has 154 valence electrons. The molecule has 1 heterocycles. The summed E-state index contributed by atoms with van der Waals surface area (Å²) in [6.45, 7) is 2.64. The molecule has 1 aromatic carbocycles. The van der Waals surface area contributed by atoms with Gasteiger partial charge in [0.05, 0.1) is 6.04 Å². The first kappa shape index (κ1) is 24.4. The fraction of sp³-hybridized carbons (Fsp3) is 0.455. The number of carbonyl (C=O) groups excluding carboxylic acids is 1. The third-order valence-electron chi connectivity index (χ3n) is 5.68. The van der Waals surface area contributed by atoms with E-state index in [2.05, 4.69) is 34.6 Å². The van der Waals surface area contributed by atoms with E-state index in [-0.39, 0.29) is 42.2 Å². The number of rotatable bonds is 6. The summed E-state index contributed by atoms with van der Waals surface area (Å²) in [4.78, 5) is 16.6. The summed E-state index contributed by atoms with van der Waals surface area (Å²) in [5, 5.41) is 3.16. The summed E-state index contributed by atoms with van der Waals surface area (Å²) >= 11 is 0. The zero-order valence-corrected chi connectivity index (χ0v) is 18.0. The summed E-state index contributed by atoms with van der Waals surface area (Å²) in [5.41, 5.74) is 9.43. The molecule has 3 N–H and O–H groups in total. The van der Waals surface area contributed by atoms with Crippen LogP contribution >= 0.6 is 24.8 Å². The zero-order valence-electron chi connectivity index (χ0n) is 16.4. The number of nitrogens with one attached hydrogen (secondary N) is 1. The maximum atomic E-state index is 12.6. The molecule has 1 aliphatic carbocycles. The number of aromatic nitrogens is 1. The number of amides is 1. The smallest absolute Gasteiger partial charge is 0.221 e. The Balaban J connectivity index is 0.00000196. The van der Waals surface area contributed by atoms with E-state index in [1.807, 2.05) is 19.1 Å². The molecule has 1 fully saturated rings. The number of benzene rings is 1. The molecule has 1 unspecified atom stereocenters. The van der Waals surface area contributed by atoms with E-state index < -0.39 is 0 Å². The van der Waals surface area contributed by atoms with E-state index in [1.54, 1.807) is 12.4 Å². The van der Waals surface area contributed by atoms with E-state index in [0.29, 0.717) is 13.0 Å². The first-order valence-electron chi connectivity index (χ1n) is 9.62. The Labute approximate surface area is 180 Å². The van der Waals surface area contributed by atoms with Gasteiger partial charge in [0.15, 0.2) is 0 Å². The largest absolute Gasteiger partial charge is 0.350 e. The van der Waals surface area contributed by atoms with Gasteiger partial charge in [0.2, 0.25) is 5.91 Å². The lowest BCUT2D eigenvalue weighted by Gasteiger charge is -2.36. The highest BCUT2D eigenvalue weighted by molar-refractivity contribution is 5.85. The van der Waals surface area contributed by atoms with Crippen LogP contribution in [0.4, 0.5) is 0 Å². The second-order valence-corrected chi connectivity index (χ2v) is 7.59. The van der Waals surface area contributed by atoms with Crippen molar-refractivity contribution < 1.29 is 4.79 Å². The van der Waals surface area contributed by atoms with Crippen LogP contribution < -0.4 is 11.1 Å². The zero-order chi connectivity index (χ0) is 18.4. The number of nitrogens with two attached hydrogens (primary N) is 1. The molecular formula is C22H31Cl2N3O. The van der Waals surface area contributed by atoms with Gasteiger partial charge in [-0.1, -0.05) is 43.5 Å². The van der Waals surface area contributed by atoms with Crippen molar-refractivity contribution in [3.63, 3.8) is 0 Å².